The minimum atomic E-state index is -4.19. The fraction of sp³-hybridized carbons (Fsp3) is 0.0833. The van der Waals surface area contributed by atoms with Crippen LogP contribution in [0.4, 0.5) is 0 Å². The number of hydrogen-bond acceptors (Lipinski definition) is 5. The highest BCUT2D eigenvalue weighted by atomic mass is 32.2. The molecule has 0 spiro atoms. The molecule has 3 aromatic carbocycles. The summed E-state index contributed by atoms with van der Waals surface area (Å²) in [5.74, 6) is -0.701. The van der Waals surface area contributed by atoms with E-state index in [-0.39, 0.29) is 26.6 Å². The first-order chi connectivity index (χ1) is 15.1. The molecular weight excluding hydrogens is 446 g/mol. The summed E-state index contributed by atoms with van der Waals surface area (Å²) >= 11 is 0. The van der Waals surface area contributed by atoms with Gasteiger partial charge in [-0.2, -0.15) is 12.8 Å². The number of Topliss-reactive ketones (excluding diaryl/α,β-unsaturated/α-hetero) is 1. The van der Waals surface area contributed by atoms with Crippen LogP contribution in [0.1, 0.15) is 27.0 Å². The Hall–Kier alpha value is -3.36. The molecule has 4 rings (SSSR count). The minimum Gasteiger partial charge on any atom is -0.288 e. The van der Waals surface area contributed by atoms with Crippen molar-refractivity contribution < 1.29 is 21.6 Å². The third kappa shape index (κ3) is 3.94. The van der Waals surface area contributed by atoms with E-state index in [1.807, 2.05) is 13.8 Å². The molecule has 1 aliphatic rings. The fourth-order valence-corrected chi connectivity index (χ4v) is 5.68. The van der Waals surface area contributed by atoms with Crippen molar-refractivity contribution in [2.75, 3.05) is 0 Å². The van der Waals surface area contributed by atoms with E-state index in [9.17, 15) is 21.6 Å². The summed E-state index contributed by atoms with van der Waals surface area (Å²) in [6, 6.07) is 18.5. The lowest BCUT2D eigenvalue weighted by Gasteiger charge is -2.18. The molecule has 0 unspecified atom stereocenters. The van der Waals surface area contributed by atoms with Gasteiger partial charge in [-0.05, 0) is 44.2 Å². The quantitative estimate of drug-likeness (QED) is 0.579. The van der Waals surface area contributed by atoms with E-state index in [0.29, 0.717) is 0 Å². The van der Waals surface area contributed by atoms with Crippen molar-refractivity contribution in [1.82, 2.24) is 0 Å². The van der Waals surface area contributed by atoms with Crippen LogP contribution in [0.5, 0.6) is 0 Å². The summed E-state index contributed by atoms with van der Waals surface area (Å²) in [7, 11) is -8.33. The number of ketones is 1. The number of carbonyl (C=O) groups is 1. The molecule has 6 nitrogen and oxygen atoms in total. The molecule has 0 saturated carbocycles. The first-order valence-electron chi connectivity index (χ1n) is 9.69. The Bertz CT molecular complexity index is 1500. The summed E-state index contributed by atoms with van der Waals surface area (Å²) in [5.41, 5.74) is 1.99. The Balaban J connectivity index is 1.92. The normalized spacial score (nSPS) is 15.4. The van der Waals surface area contributed by atoms with E-state index >= 15 is 0 Å². The van der Waals surface area contributed by atoms with Gasteiger partial charge in [-0.25, -0.2) is 8.42 Å². The Morgan fingerprint density at radius 3 is 1.72 bits per heavy atom. The molecule has 0 saturated heterocycles. The molecule has 32 heavy (non-hydrogen) atoms. The van der Waals surface area contributed by atoms with Gasteiger partial charge in [0.1, 0.15) is 4.91 Å². The maximum atomic E-state index is 13.2. The van der Waals surface area contributed by atoms with Crippen molar-refractivity contribution in [2.45, 2.75) is 23.6 Å². The zero-order chi connectivity index (χ0) is 23.1. The number of aryl methyl sites for hydroxylation is 2. The number of nitrogens with zero attached hydrogens (tertiary/aromatic N) is 1. The zero-order valence-corrected chi connectivity index (χ0v) is 18.9. The molecule has 0 heterocycles. The summed E-state index contributed by atoms with van der Waals surface area (Å²) in [5, 5.41) is 0. The first kappa shape index (κ1) is 21.9. The maximum Gasteiger partial charge on any atom is 0.282 e. The van der Waals surface area contributed by atoms with Crippen LogP contribution in [0.2, 0.25) is 0 Å². The van der Waals surface area contributed by atoms with Crippen LogP contribution >= 0.6 is 0 Å². The standard InChI is InChI=1S/C24H19NO5S2/c1-16-7-11-18(12-8-16)31(27,28)23-15-22(20-5-3-4-6-21(20)24(23)26)25-32(29,30)19-13-9-17(2)10-14-19/h3-15H,1-2H3/b25-22+. The van der Waals surface area contributed by atoms with Crippen LogP contribution in [0, 0.1) is 13.8 Å². The average Bonchev–Trinajstić information content (AvgIpc) is 2.76. The van der Waals surface area contributed by atoms with E-state index < -0.39 is 30.5 Å². The average molecular weight is 466 g/mol. The predicted octanol–water partition coefficient (Wildman–Crippen LogP) is 4.04. The Kier molecular flexibility index (Phi) is 5.44. The zero-order valence-electron chi connectivity index (χ0n) is 17.3. The van der Waals surface area contributed by atoms with Crippen LogP contribution in [0.25, 0.3) is 0 Å². The van der Waals surface area contributed by atoms with Crippen LogP contribution in [-0.4, -0.2) is 28.3 Å². The van der Waals surface area contributed by atoms with E-state index in [2.05, 4.69) is 4.40 Å². The third-order valence-corrected chi connectivity index (χ3v) is 8.18. The van der Waals surface area contributed by atoms with Gasteiger partial charge in [0, 0.05) is 11.1 Å². The van der Waals surface area contributed by atoms with Crippen molar-refractivity contribution in [1.29, 1.82) is 0 Å². The number of allylic oxidation sites excluding steroid dienone is 2. The second kappa shape index (κ2) is 7.96. The highest BCUT2D eigenvalue weighted by molar-refractivity contribution is 7.96. The van der Waals surface area contributed by atoms with Crippen LogP contribution < -0.4 is 0 Å². The number of sulfonamides is 1. The molecule has 162 valence electrons. The van der Waals surface area contributed by atoms with Gasteiger partial charge < -0.3 is 0 Å². The highest BCUT2D eigenvalue weighted by Gasteiger charge is 2.34. The van der Waals surface area contributed by atoms with E-state index in [4.69, 9.17) is 0 Å². The summed E-state index contributed by atoms with van der Waals surface area (Å²) in [4.78, 5) is 12.5. The Morgan fingerprint density at radius 2 is 1.16 bits per heavy atom. The lowest BCUT2D eigenvalue weighted by atomic mass is 9.94. The van der Waals surface area contributed by atoms with E-state index in [0.717, 1.165) is 17.2 Å². The molecule has 0 fully saturated rings. The largest absolute Gasteiger partial charge is 0.288 e. The number of fused-ring (bicyclic) bond motifs is 1. The second-order valence-corrected chi connectivity index (χ2v) is 11.0. The number of benzene rings is 3. The topological polar surface area (TPSA) is 97.7 Å². The monoisotopic (exact) mass is 465 g/mol. The molecule has 1 aliphatic carbocycles. The van der Waals surface area contributed by atoms with E-state index in [1.165, 1.54) is 30.3 Å². The van der Waals surface area contributed by atoms with Crippen molar-refractivity contribution in [3.63, 3.8) is 0 Å². The van der Waals surface area contributed by atoms with Crippen molar-refractivity contribution >= 4 is 31.4 Å². The number of hydrogen-bond donors (Lipinski definition) is 0. The lowest BCUT2D eigenvalue weighted by molar-refractivity contribution is 0.104. The fourth-order valence-electron chi connectivity index (χ4n) is 3.32. The van der Waals surface area contributed by atoms with E-state index in [1.54, 1.807) is 42.5 Å². The molecule has 0 radical (unpaired) electrons. The van der Waals surface area contributed by atoms with Gasteiger partial charge in [-0.15, -0.1) is 0 Å². The Labute approximate surface area is 186 Å². The Morgan fingerprint density at radius 1 is 0.656 bits per heavy atom. The summed E-state index contributed by atoms with van der Waals surface area (Å²) < 4.78 is 56.2. The summed E-state index contributed by atoms with van der Waals surface area (Å²) in [6.45, 7) is 3.65. The molecule has 3 aromatic rings. The molecule has 0 amide bonds. The van der Waals surface area contributed by atoms with Gasteiger partial charge in [-0.1, -0.05) is 59.7 Å². The molecule has 0 aliphatic heterocycles. The van der Waals surface area contributed by atoms with Gasteiger partial charge in [0.2, 0.25) is 15.6 Å². The van der Waals surface area contributed by atoms with Crippen LogP contribution in [-0.2, 0) is 19.9 Å². The second-order valence-electron chi connectivity index (χ2n) is 7.46. The molecule has 0 N–H and O–H groups in total. The number of rotatable bonds is 4. The number of sulfone groups is 1. The molecule has 0 atom stereocenters. The first-order valence-corrected chi connectivity index (χ1v) is 12.6. The lowest BCUT2D eigenvalue weighted by Crippen LogP contribution is -2.23. The predicted molar refractivity (Wildman–Crippen MR) is 122 cm³/mol. The van der Waals surface area contributed by atoms with Gasteiger partial charge in [0.25, 0.3) is 10.0 Å². The smallest absolute Gasteiger partial charge is 0.282 e. The van der Waals surface area contributed by atoms with Crippen molar-refractivity contribution in [3.8, 4) is 0 Å². The molecular formula is C24H19NO5S2. The molecule has 8 heteroatoms. The third-order valence-electron chi connectivity index (χ3n) is 5.10. The van der Waals surface area contributed by atoms with Gasteiger partial charge in [0.05, 0.1) is 15.5 Å². The van der Waals surface area contributed by atoms with Gasteiger partial charge in [-0.3, -0.25) is 4.79 Å². The maximum absolute atomic E-state index is 13.2. The van der Waals surface area contributed by atoms with Crippen molar-refractivity contribution in [3.05, 3.63) is 106 Å². The number of carbonyl (C=O) groups excluding carboxylic acids is 1. The van der Waals surface area contributed by atoms with Crippen LogP contribution in [0.3, 0.4) is 0 Å². The molecule has 0 aromatic heterocycles. The van der Waals surface area contributed by atoms with Crippen molar-refractivity contribution in [2.24, 2.45) is 4.40 Å². The van der Waals surface area contributed by atoms with Gasteiger partial charge >= 0.3 is 0 Å². The van der Waals surface area contributed by atoms with Crippen LogP contribution in [0.15, 0.2) is 98.0 Å². The molecule has 0 bridgehead atoms. The SMILES string of the molecule is Cc1ccc(S(=O)(=O)/N=C2\C=C(S(=O)(=O)c3ccc(C)cc3)C(=O)c3ccccc32)cc1. The minimum absolute atomic E-state index is 0.0266. The summed E-state index contributed by atoms with van der Waals surface area (Å²) in [6.07, 6.45) is 1.05. The van der Waals surface area contributed by atoms with Gasteiger partial charge in [0.15, 0.2) is 0 Å². The highest BCUT2D eigenvalue weighted by Crippen LogP contribution is 2.30.